The first-order chi connectivity index (χ1) is 12.0. The average molecular weight is 358 g/mol. The number of carbonyl (C=O) groups excluding carboxylic acids is 3. The number of aryl methyl sites for hydroxylation is 1. The minimum absolute atomic E-state index is 0.0810. The Hall–Kier alpha value is -2.67. The molecular formula is C18H18N2O4S. The topological polar surface area (TPSA) is 75.7 Å². The molecule has 25 heavy (non-hydrogen) atoms. The third-order valence-electron chi connectivity index (χ3n) is 4.14. The largest absolute Gasteiger partial charge is 0.465 e. The van der Waals surface area contributed by atoms with Crippen LogP contribution in [-0.2, 0) is 14.3 Å². The van der Waals surface area contributed by atoms with Crippen LogP contribution in [0.4, 0.5) is 11.4 Å². The molecule has 3 rings (SSSR count). The Bertz CT molecular complexity index is 813. The molecule has 0 spiro atoms. The molecule has 1 aromatic heterocycles. The van der Waals surface area contributed by atoms with E-state index in [1.54, 1.807) is 16.3 Å². The third-order valence-corrected chi connectivity index (χ3v) is 5.03. The van der Waals surface area contributed by atoms with Gasteiger partial charge in [-0.1, -0.05) is 17.7 Å². The summed E-state index contributed by atoms with van der Waals surface area (Å²) in [4.78, 5) is 38.4. The second-order valence-electron chi connectivity index (χ2n) is 5.89. The molecule has 1 aromatic carbocycles. The number of anilines is 2. The number of amides is 2. The van der Waals surface area contributed by atoms with Crippen molar-refractivity contribution < 1.29 is 19.1 Å². The summed E-state index contributed by atoms with van der Waals surface area (Å²) in [6.45, 7) is 2.30. The molecule has 1 unspecified atom stereocenters. The molecule has 1 fully saturated rings. The lowest BCUT2D eigenvalue weighted by Gasteiger charge is -2.17. The minimum Gasteiger partial charge on any atom is -0.465 e. The molecule has 0 bridgehead atoms. The molecule has 1 N–H and O–H groups in total. The Labute approximate surface area is 149 Å². The van der Waals surface area contributed by atoms with Crippen molar-refractivity contribution in [2.45, 2.75) is 13.3 Å². The maximum absolute atomic E-state index is 12.5. The number of esters is 1. The summed E-state index contributed by atoms with van der Waals surface area (Å²) in [6, 6.07) is 9.28. The van der Waals surface area contributed by atoms with Crippen molar-refractivity contribution in [1.29, 1.82) is 0 Å². The van der Waals surface area contributed by atoms with Gasteiger partial charge >= 0.3 is 5.97 Å². The summed E-state index contributed by atoms with van der Waals surface area (Å²) in [5.41, 5.74) is 2.32. The van der Waals surface area contributed by atoms with E-state index < -0.39 is 11.9 Å². The molecule has 1 aliphatic rings. The van der Waals surface area contributed by atoms with E-state index in [2.05, 4.69) is 5.32 Å². The van der Waals surface area contributed by atoms with Crippen LogP contribution in [0.1, 0.15) is 21.7 Å². The quantitative estimate of drug-likeness (QED) is 0.853. The summed E-state index contributed by atoms with van der Waals surface area (Å²) in [6.07, 6.45) is 0.150. The summed E-state index contributed by atoms with van der Waals surface area (Å²) in [7, 11) is 1.29. The molecule has 2 heterocycles. The minimum atomic E-state index is -0.492. The zero-order valence-electron chi connectivity index (χ0n) is 13.9. The first-order valence-electron chi connectivity index (χ1n) is 7.83. The Morgan fingerprint density at radius 3 is 2.64 bits per heavy atom. The number of hydrogen-bond donors (Lipinski definition) is 1. The van der Waals surface area contributed by atoms with Crippen LogP contribution in [0.15, 0.2) is 35.7 Å². The van der Waals surface area contributed by atoms with Crippen molar-refractivity contribution in [3.05, 3.63) is 46.2 Å². The molecule has 2 aromatic rings. The van der Waals surface area contributed by atoms with E-state index in [0.29, 0.717) is 17.1 Å². The summed E-state index contributed by atoms with van der Waals surface area (Å²) >= 11 is 1.20. The highest BCUT2D eigenvalue weighted by molar-refractivity contribution is 7.12. The van der Waals surface area contributed by atoms with E-state index in [0.717, 1.165) is 11.3 Å². The van der Waals surface area contributed by atoms with Crippen molar-refractivity contribution in [3.63, 3.8) is 0 Å². The molecule has 6 nitrogen and oxygen atoms in total. The number of methoxy groups -OCH3 is 1. The van der Waals surface area contributed by atoms with Crippen LogP contribution in [0.5, 0.6) is 0 Å². The molecule has 1 saturated heterocycles. The van der Waals surface area contributed by atoms with Crippen LogP contribution < -0.4 is 10.2 Å². The van der Waals surface area contributed by atoms with E-state index in [-0.39, 0.29) is 18.2 Å². The van der Waals surface area contributed by atoms with Crippen LogP contribution in [-0.4, -0.2) is 31.4 Å². The maximum atomic E-state index is 12.5. The van der Waals surface area contributed by atoms with Crippen molar-refractivity contribution in [1.82, 2.24) is 0 Å². The van der Waals surface area contributed by atoms with Gasteiger partial charge in [-0.15, -0.1) is 11.3 Å². The molecule has 130 valence electrons. The SMILES string of the molecule is COC(=O)c1sccc1NC(=O)C1CC(=O)N(c2ccc(C)cc2)C1. The van der Waals surface area contributed by atoms with Crippen LogP contribution in [0.25, 0.3) is 0 Å². The van der Waals surface area contributed by atoms with Gasteiger partial charge in [-0.3, -0.25) is 9.59 Å². The highest BCUT2D eigenvalue weighted by Gasteiger charge is 2.35. The first kappa shape index (κ1) is 17.2. The van der Waals surface area contributed by atoms with Gasteiger partial charge in [-0.2, -0.15) is 0 Å². The molecule has 0 aliphatic carbocycles. The molecule has 0 saturated carbocycles. The Kier molecular flexibility index (Phi) is 4.85. The fourth-order valence-electron chi connectivity index (χ4n) is 2.75. The van der Waals surface area contributed by atoms with Crippen LogP contribution >= 0.6 is 11.3 Å². The van der Waals surface area contributed by atoms with Gasteiger partial charge in [-0.25, -0.2) is 4.79 Å². The predicted octanol–water partition coefficient (Wildman–Crippen LogP) is 2.83. The van der Waals surface area contributed by atoms with Gasteiger partial charge in [0.1, 0.15) is 4.88 Å². The number of ether oxygens (including phenoxy) is 1. The van der Waals surface area contributed by atoms with Crippen molar-refractivity contribution in [2.75, 3.05) is 23.9 Å². The number of carbonyl (C=O) groups is 3. The monoisotopic (exact) mass is 358 g/mol. The Morgan fingerprint density at radius 2 is 1.96 bits per heavy atom. The number of benzene rings is 1. The Morgan fingerprint density at radius 1 is 1.24 bits per heavy atom. The normalized spacial score (nSPS) is 16.8. The lowest BCUT2D eigenvalue weighted by atomic mass is 10.1. The third kappa shape index (κ3) is 3.56. The van der Waals surface area contributed by atoms with Gasteiger partial charge in [0, 0.05) is 18.7 Å². The highest BCUT2D eigenvalue weighted by Crippen LogP contribution is 2.28. The predicted molar refractivity (Wildman–Crippen MR) is 95.9 cm³/mol. The fourth-order valence-corrected chi connectivity index (χ4v) is 3.52. The molecule has 1 atom stereocenters. The lowest BCUT2D eigenvalue weighted by Crippen LogP contribution is -2.28. The van der Waals surface area contributed by atoms with E-state index in [1.807, 2.05) is 31.2 Å². The van der Waals surface area contributed by atoms with E-state index in [1.165, 1.54) is 18.4 Å². The zero-order chi connectivity index (χ0) is 18.0. The van der Waals surface area contributed by atoms with Crippen LogP contribution in [0.3, 0.4) is 0 Å². The van der Waals surface area contributed by atoms with Gasteiger partial charge in [0.15, 0.2) is 0 Å². The second kappa shape index (κ2) is 7.06. The average Bonchev–Trinajstić information content (AvgIpc) is 3.21. The molecule has 7 heteroatoms. The standard InChI is InChI=1S/C18H18N2O4S/c1-11-3-5-13(6-4-11)20-10-12(9-15(20)21)17(22)19-14-7-8-25-16(14)18(23)24-2/h3-8,12H,9-10H2,1-2H3,(H,19,22). The van der Waals surface area contributed by atoms with Crippen molar-refractivity contribution in [2.24, 2.45) is 5.92 Å². The zero-order valence-corrected chi connectivity index (χ0v) is 14.8. The first-order valence-corrected chi connectivity index (χ1v) is 8.71. The molecule has 2 amide bonds. The summed E-state index contributed by atoms with van der Waals surface area (Å²) in [5.74, 6) is -1.30. The van der Waals surface area contributed by atoms with E-state index >= 15 is 0 Å². The fraction of sp³-hybridized carbons (Fsp3) is 0.278. The van der Waals surface area contributed by atoms with Gasteiger partial charge in [0.25, 0.3) is 0 Å². The Balaban J connectivity index is 1.70. The van der Waals surface area contributed by atoms with Gasteiger partial charge in [-0.05, 0) is 30.5 Å². The van der Waals surface area contributed by atoms with Crippen LogP contribution in [0, 0.1) is 12.8 Å². The lowest BCUT2D eigenvalue weighted by molar-refractivity contribution is -0.122. The summed E-state index contributed by atoms with van der Waals surface area (Å²) in [5, 5.41) is 4.45. The smallest absolute Gasteiger partial charge is 0.350 e. The van der Waals surface area contributed by atoms with Gasteiger partial charge in [0.05, 0.1) is 18.7 Å². The molecule has 1 aliphatic heterocycles. The number of nitrogens with one attached hydrogen (secondary N) is 1. The maximum Gasteiger partial charge on any atom is 0.350 e. The molecule has 0 radical (unpaired) electrons. The number of rotatable bonds is 4. The number of nitrogens with zero attached hydrogens (tertiary/aromatic N) is 1. The van der Waals surface area contributed by atoms with Gasteiger partial charge < -0.3 is 15.0 Å². The van der Waals surface area contributed by atoms with Crippen molar-refractivity contribution >= 4 is 40.5 Å². The number of hydrogen-bond acceptors (Lipinski definition) is 5. The highest BCUT2D eigenvalue weighted by atomic mass is 32.1. The van der Waals surface area contributed by atoms with Gasteiger partial charge in [0.2, 0.25) is 11.8 Å². The van der Waals surface area contributed by atoms with Crippen molar-refractivity contribution in [3.8, 4) is 0 Å². The van der Waals surface area contributed by atoms with Crippen LogP contribution in [0.2, 0.25) is 0 Å². The van der Waals surface area contributed by atoms with E-state index in [9.17, 15) is 14.4 Å². The van der Waals surface area contributed by atoms with E-state index in [4.69, 9.17) is 4.74 Å². The summed E-state index contributed by atoms with van der Waals surface area (Å²) < 4.78 is 4.70. The second-order valence-corrected chi connectivity index (χ2v) is 6.80. The molecular weight excluding hydrogens is 340 g/mol. The number of thiophene rings is 1.